The number of ether oxygens (including phenoxy) is 2. The highest BCUT2D eigenvalue weighted by Crippen LogP contribution is 2.19. The number of amides is 1. The van der Waals surface area contributed by atoms with Crippen molar-refractivity contribution in [3.8, 4) is 23.0 Å². The molecule has 2 heterocycles. The van der Waals surface area contributed by atoms with E-state index in [4.69, 9.17) is 9.47 Å². The summed E-state index contributed by atoms with van der Waals surface area (Å²) < 4.78 is 12.5. The molecule has 4 rings (SSSR count). The number of hydrogen-bond donors (Lipinski definition) is 1. The van der Waals surface area contributed by atoms with Crippen LogP contribution >= 0.6 is 0 Å². The number of methoxy groups -OCH3 is 1. The van der Waals surface area contributed by atoms with Gasteiger partial charge in [0.2, 0.25) is 5.88 Å². The van der Waals surface area contributed by atoms with E-state index in [0.29, 0.717) is 35.2 Å². The fraction of sp³-hybridized carbons (Fsp3) is 0.143. The highest BCUT2D eigenvalue weighted by atomic mass is 16.5. The van der Waals surface area contributed by atoms with Crippen molar-refractivity contribution in [2.45, 2.75) is 0 Å². The van der Waals surface area contributed by atoms with Gasteiger partial charge in [0.05, 0.1) is 19.2 Å². The zero-order chi connectivity index (χ0) is 20.1. The van der Waals surface area contributed by atoms with E-state index in [2.05, 4.69) is 20.6 Å². The number of nitrogens with zero attached hydrogens (tertiary/aromatic N) is 4. The number of aromatic nitrogens is 4. The maximum absolute atomic E-state index is 12.3. The molecule has 4 aromatic rings. The van der Waals surface area contributed by atoms with Crippen LogP contribution in [0.15, 0.2) is 66.7 Å². The van der Waals surface area contributed by atoms with Crippen molar-refractivity contribution in [3.63, 3.8) is 0 Å². The van der Waals surface area contributed by atoms with Crippen molar-refractivity contribution in [2.75, 3.05) is 20.3 Å². The number of carbonyl (C=O) groups excluding carboxylic acids is 1. The molecular weight excluding hydrogens is 370 g/mol. The first kappa shape index (κ1) is 18.4. The number of benzene rings is 2. The van der Waals surface area contributed by atoms with Crippen molar-refractivity contribution in [1.29, 1.82) is 0 Å². The summed E-state index contributed by atoms with van der Waals surface area (Å²) in [6, 6.07) is 20.3. The van der Waals surface area contributed by atoms with E-state index in [1.54, 1.807) is 34.8 Å². The molecule has 0 saturated heterocycles. The third-order valence-electron chi connectivity index (χ3n) is 4.26. The van der Waals surface area contributed by atoms with E-state index in [1.807, 2.05) is 36.4 Å². The molecular formula is C21H19N5O3. The van der Waals surface area contributed by atoms with Gasteiger partial charge in [0.15, 0.2) is 11.5 Å². The first-order valence-electron chi connectivity index (χ1n) is 9.08. The van der Waals surface area contributed by atoms with Gasteiger partial charge in [-0.3, -0.25) is 4.79 Å². The van der Waals surface area contributed by atoms with Crippen molar-refractivity contribution in [3.05, 3.63) is 72.3 Å². The minimum Gasteiger partial charge on any atom is -0.496 e. The second-order valence-electron chi connectivity index (χ2n) is 6.14. The highest BCUT2D eigenvalue weighted by Gasteiger charge is 2.12. The molecule has 29 heavy (non-hydrogen) atoms. The molecule has 8 nitrogen and oxygen atoms in total. The predicted octanol–water partition coefficient (Wildman–Crippen LogP) is 2.61. The van der Waals surface area contributed by atoms with Crippen LogP contribution in [0.5, 0.6) is 11.6 Å². The van der Waals surface area contributed by atoms with Gasteiger partial charge in [0.25, 0.3) is 5.91 Å². The fourth-order valence-corrected chi connectivity index (χ4v) is 2.86. The minimum atomic E-state index is -0.223. The first-order valence-corrected chi connectivity index (χ1v) is 9.08. The SMILES string of the molecule is COc1ccccc1C(=O)NCCOc1ccc2nnc(-c3ccccc3)n2n1. The van der Waals surface area contributed by atoms with Gasteiger partial charge in [0, 0.05) is 11.6 Å². The summed E-state index contributed by atoms with van der Waals surface area (Å²) in [4.78, 5) is 12.3. The van der Waals surface area contributed by atoms with Gasteiger partial charge in [-0.2, -0.15) is 4.52 Å². The standard InChI is InChI=1S/C21H19N5O3/c1-28-17-10-6-5-9-16(17)21(27)22-13-14-29-19-12-11-18-23-24-20(26(18)25-19)15-7-3-2-4-8-15/h2-12H,13-14H2,1H3,(H,22,27). The van der Waals surface area contributed by atoms with Gasteiger partial charge < -0.3 is 14.8 Å². The molecule has 0 bridgehead atoms. The third-order valence-corrected chi connectivity index (χ3v) is 4.26. The first-order chi connectivity index (χ1) is 14.3. The van der Waals surface area contributed by atoms with Crippen molar-refractivity contribution >= 4 is 11.6 Å². The maximum atomic E-state index is 12.3. The third kappa shape index (κ3) is 4.01. The molecule has 1 amide bonds. The summed E-state index contributed by atoms with van der Waals surface area (Å²) >= 11 is 0. The summed E-state index contributed by atoms with van der Waals surface area (Å²) in [7, 11) is 1.53. The molecule has 1 N–H and O–H groups in total. The smallest absolute Gasteiger partial charge is 0.255 e. The lowest BCUT2D eigenvalue weighted by Gasteiger charge is -2.10. The zero-order valence-corrected chi connectivity index (χ0v) is 15.8. The minimum absolute atomic E-state index is 0.223. The van der Waals surface area contributed by atoms with Gasteiger partial charge in [-0.1, -0.05) is 42.5 Å². The topological polar surface area (TPSA) is 90.6 Å². The molecule has 2 aromatic carbocycles. The van der Waals surface area contributed by atoms with E-state index < -0.39 is 0 Å². The number of para-hydroxylation sites is 1. The Morgan fingerprint density at radius 1 is 1.00 bits per heavy atom. The van der Waals surface area contributed by atoms with Gasteiger partial charge in [0.1, 0.15) is 12.4 Å². The Morgan fingerprint density at radius 2 is 1.79 bits per heavy atom. The number of fused-ring (bicyclic) bond motifs is 1. The number of carbonyl (C=O) groups is 1. The molecule has 0 aliphatic carbocycles. The summed E-state index contributed by atoms with van der Waals surface area (Å²) in [5, 5.41) is 15.6. The van der Waals surface area contributed by atoms with Crippen LogP contribution in [0.1, 0.15) is 10.4 Å². The Hall–Kier alpha value is -3.94. The lowest BCUT2D eigenvalue weighted by atomic mass is 10.2. The van der Waals surface area contributed by atoms with E-state index in [0.717, 1.165) is 5.56 Å². The highest BCUT2D eigenvalue weighted by molar-refractivity contribution is 5.96. The largest absolute Gasteiger partial charge is 0.496 e. The molecule has 0 fully saturated rings. The number of nitrogens with one attached hydrogen (secondary N) is 1. The van der Waals surface area contributed by atoms with Gasteiger partial charge >= 0.3 is 0 Å². The van der Waals surface area contributed by atoms with Crippen LogP contribution < -0.4 is 14.8 Å². The average Bonchev–Trinajstić information content (AvgIpc) is 3.20. The number of hydrogen-bond acceptors (Lipinski definition) is 6. The Morgan fingerprint density at radius 3 is 2.62 bits per heavy atom. The number of rotatable bonds is 7. The van der Waals surface area contributed by atoms with Crippen LogP contribution in [0.2, 0.25) is 0 Å². The quantitative estimate of drug-likeness (QED) is 0.489. The van der Waals surface area contributed by atoms with Gasteiger partial charge in [-0.15, -0.1) is 15.3 Å². The predicted molar refractivity (Wildman–Crippen MR) is 107 cm³/mol. The Kier molecular flexibility index (Phi) is 5.33. The average molecular weight is 389 g/mol. The molecule has 0 saturated carbocycles. The van der Waals surface area contributed by atoms with Crippen molar-refractivity contribution in [2.24, 2.45) is 0 Å². The van der Waals surface area contributed by atoms with Crippen LogP contribution in [0, 0.1) is 0 Å². The van der Waals surface area contributed by atoms with E-state index in [1.165, 1.54) is 7.11 Å². The van der Waals surface area contributed by atoms with E-state index in [-0.39, 0.29) is 12.5 Å². The van der Waals surface area contributed by atoms with E-state index in [9.17, 15) is 4.79 Å². The molecule has 8 heteroatoms. The van der Waals surface area contributed by atoms with Crippen LogP contribution in [-0.2, 0) is 0 Å². The van der Waals surface area contributed by atoms with Crippen molar-refractivity contribution < 1.29 is 14.3 Å². The monoisotopic (exact) mass is 389 g/mol. The Labute approximate surface area is 167 Å². The van der Waals surface area contributed by atoms with Crippen LogP contribution in [0.25, 0.3) is 17.0 Å². The summed E-state index contributed by atoms with van der Waals surface area (Å²) in [6.07, 6.45) is 0. The van der Waals surface area contributed by atoms with Gasteiger partial charge in [-0.25, -0.2) is 0 Å². The summed E-state index contributed by atoms with van der Waals surface area (Å²) in [5.74, 6) is 1.36. The van der Waals surface area contributed by atoms with Crippen LogP contribution in [0.4, 0.5) is 0 Å². The summed E-state index contributed by atoms with van der Waals surface area (Å²) in [6.45, 7) is 0.590. The molecule has 0 unspecified atom stereocenters. The lowest BCUT2D eigenvalue weighted by molar-refractivity contribution is 0.0943. The Bertz CT molecular complexity index is 1130. The molecule has 0 aliphatic rings. The zero-order valence-electron chi connectivity index (χ0n) is 15.8. The molecule has 2 aromatic heterocycles. The van der Waals surface area contributed by atoms with Gasteiger partial charge in [-0.05, 0) is 18.2 Å². The molecule has 0 radical (unpaired) electrons. The fourth-order valence-electron chi connectivity index (χ4n) is 2.86. The second kappa shape index (κ2) is 8.39. The van der Waals surface area contributed by atoms with Crippen molar-refractivity contribution in [1.82, 2.24) is 25.1 Å². The second-order valence-corrected chi connectivity index (χ2v) is 6.14. The normalized spacial score (nSPS) is 10.7. The molecule has 0 spiro atoms. The van der Waals surface area contributed by atoms with E-state index >= 15 is 0 Å². The molecule has 0 aliphatic heterocycles. The lowest BCUT2D eigenvalue weighted by Crippen LogP contribution is -2.28. The maximum Gasteiger partial charge on any atom is 0.255 e. The molecule has 146 valence electrons. The molecule has 0 atom stereocenters. The van der Waals surface area contributed by atoms with Crippen LogP contribution in [-0.4, -0.2) is 46.0 Å². The van der Waals surface area contributed by atoms with Crippen LogP contribution in [0.3, 0.4) is 0 Å². The Balaban J connectivity index is 1.39. The summed E-state index contributed by atoms with van der Waals surface area (Å²) in [5.41, 5.74) is 2.01.